The number of anilines is 2. The third kappa shape index (κ3) is 4.21. The average molecular weight is 284 g/mol. The van der Waals surface area contributed by atoms with Crippen LogP contribution in [0, 0.1) is 0 Å². The molecule has 1 heterocycles. The Balaban J connectivity index is 2.17. The van der Waals surface area contributed by atoms with Crippen LogP contribution in [-0.4, -0.2) is 16.9 Å². The summed E-state index contributed by atoms with van der Waals surface area (Å²) in [5.41, 5.74) is 8.70. The van der Waals surface area contributed by atoms with E-state index in [0.29, 0.717) is 17.8 Å². The Labute approximate surface area is 124 Å². The lowest BCUT2D eigenvalue weighted by atomic mass is 10.1. The first-order valence-electron chi connectivity index (χ1n) is 6.89. The Kier molecular flexibility index (Phi) is 4.77. The fraction of sp³-hybridized carbons (Fsp3) is 0.250. The predicted molar refractivity (Wildman–Crippen MR) is 85.0 cm³/mol. The fourth-order valence-electron chi connectivity index (χ4n) is 1.94. The monoisotopic (exact) mass is 284 g/mol. The number of nitrogens with two attached hydrogens (primary N) is 1. The molecule has 21 heavy (non-hydrogen) atoms. The molecule has 0 aliphatic heterocycles. The molecule has 0 unspecified atom stereocenters. The molecule has 5 heteroatoms. The number of nitrogens with zero attached hydrogens (tertiary/aromatic N) is 1. The van der Waals surface area contributed by atoms with Crippen molar-refractivity contribution in [3.8, 4) is 0 Å². The third-order valence-corrected chi connectivity index (χ3v) is 2.91. The molecule has 0 atom stereocenters. The summed E-state index contributed by atoms with van der Waals surface area (Å²) < 4.78 is 0. The highest BCUT2D eigenvalue weighted by atomic mass is 16.1. The second-order valence-corrected chi connectivity index (χ2v) is 5.15. The molecule has 0 aliphatic rings. The molecule has 5 nitrogen and oxygen atoms in total. The number of carbonyl (C=O) groups is 1. The molecule has 2 aromatic rings. The molecule has 0 saturated heterocycles. The van der Waals surface area contributed by atoms with Gasteiger partial charge in [0.2, 0.25) is 0 Å². The number of nitrogens with one attached hydrogen (secondary N) is 2. The lowest BCUT2D eigenvalue weighted by Gasteiger charge is -2.14. The predicted octanol–water partition coefficient (Wildman–Crippen LogP) is 2.41. The number of amides is 1. The molecule has 1 aromatic carbocycles. The normalized spacial score (nSPS) is 10.4. The summed E-state index contributed by atoms with van der Waals surface area (Å²) in [6.45, 7) is 4.44. The number of hydrogen-bond acceptors (Lipinski definition) is 4. The Hall–Kier alpha value is -2.56. The Morgan fingerprint density at radius 2 is 2.14 bits per heavy atom. The van der Waals surface area contributed by atoms with Gasteiger partial charge in [-0.25, -0.2) is 0 Å². The van der Waals surface area contributed by atoms with Gasteiger partial charge in [-0.1, -0.05) is 6.07 Å². The standard InChI is InChI=1S/C16H20N4O/c1-11(2)20-16(21)14-8-13(17)5-6-15(14)19-10-12-4-3-7-18-9-12/h3-9,11,19H,10,17H2,1-2H3,(H,20,21). The largest absolute Gasteiger partial charge is 0.399 e. The maximum absolute atomic E-state index is 12.2. The van der Waals surface area contributed by atoms with Crippen molar-refractivity contribution in [2.75, 3.05) is 11.1 Å². The zero-order chi connectivity index (χ0) is 15.2. The van der Waals surface area contributed by atoms with Gasteiger partial charge in [-0.3, -0.25) is 9.78 Å². The van der Waals surface area contributed by atoms with E-state index < -0.39 is 0 Å². The molecule has 0 aliphatic carbocycles. The van der Waals surface area contributed by atoms with Gasteiger partial charge in [-0.05, 0) is 43.7 Å². The number of nitrogen functional groups attached to an aromatic ring is 1. The van der Waals surface area contributed by atoms with Crippen LogP contribution in [0.5, 0.6) is 0 Å². The molecule has 0 radical (unpaired) electrons. The van der Waals surface area contributed by atoms with Crippen molar-refractivity contribution in [2.24, 2.45) is 0 Å². The molecule has 1 aromatic heterocycles. The molecule has 0 spiro atoms. The zero-order valence-electron chi connectivity index (χ0n) is 12.3. The van der Waals surface area contributed by atoms with Crippen LogP contribution < -0.4 is 16.4 Å². The third-order valence-electron chi connectivity index (χ3n) is 2.91. The first kappa shape index (κ1) is 14.8. The van der Waals surface area contributed by atoms with E-state index in [1.807, 2.05) is 32.0 Å². The Bertz CT molecular complexity index is 611. The van der Waals surface area contributed by atoms with Crippen LogP contribution in [0.2, 0.25) is 0 Å². The van der Waals surface area contributed by atoms with Gasteiger partial charge in [-0.15, -0.1) is 0 Å². The van der Waals surface area contributed by atoms with Crippen molar-refractivity contribution in [3.63, 3.8) is 0 Å². The summed E-state index contributed by atoms with van der Waals surface area (Å²) >= 11 is 0. The molecule has 0 bridgehead atoms. The lowest BCUT2D eigenvalue weighted by Crippen LogP contribution is -2.30. The maximum Gasteiger partial charge on any atom is 0.253 e. The highest BCUT2D eigenvalue weighted by Crippen LogP contribution is 2.20. The van der Waals surface area contributed by atoms with Crippen molar-refractivity contribution in [2.45, 2.75) is 26.4 Å². The van der Waals surface area contributed by atoms with Crippen LogP contribution in [0.4, 0.5) is 11.4 Å². The van der Waals surface area contributed by atoms with E-state index >= 15 is 0 Å². The lowest BCUT2D eigenvalue weighted by molar-refractivity contribution is 0.0944. The van der Waals surface area contributed by atoms with E-state index in [1.165, 1.54) is 0 Å². The second kappa shape index (κ2) is 6.74. The average Bonchev–Trinajstić information content (AvgIpc) is 2.46. The molecule has 110 valence electrons. The summed E-state index contributed by atoms with van der Waals surface area (Å²) in [5.74, 6) is -0.133. The van der Waals surface area contributed by atoms with E-state index in [4.69, 9.17) is 5.73 Å². The van der Waals surface area contributed by atoms with E-state index in [-0.39, 0.29) is 11.9 Å². The summed E-state index contributed by atoms with van der Waals surface area (Å²) in [6.07, 6.45) is 3.52. The zero-order valence-corrected chi connectivity index (χ0v) is 12.3. The first-order valence-corrected chi connectivity index (χ1v) is 6.89. The number of carbonyl (C=O) groups excluding carboxylic acids is 1. The molecule has 0 fully saturated rings. The van der Waals surface area contributed by atoms with Crippen LogP contribution in [0.25, 0.3) is 0 Å². The fourth-order valence-corrected chi connectivity index (χ4v) is 1.94. The minimum atomic E-state index is -0.133. The minimum Gasteiger partial charge on any atom is -0.399 e. The van der Waals surface area contributed by atoms with Crippen LogP contribution in [0.1, 0.15) is 29.8 Å². The van der Waals surface area contributed by atoms with Gasteiger partial charge in [0.25, 0.3) is 5.91 Å². The molecular formula is C16H20N4O. The summed E-state index contributed by atoms with van der Waals surface area (Å²) in [7, 11) is 0. The van der Waals surface area contributed by atoms with E-state index in [2.05, 4.69) is 15.6 Å². The highest BCUT2D eigenvalue weighted by Gasteiger charge is 2.12. The van der Waals surface area contributed by atoms with E-state index in [0.717, 1.165) is 11.3 Å². The maximum atomic E-state index is 12.2. The quantitative estimate of drug-likeness (QED) is 0.737. The number of pyridine rings is 1. The number of aromatic nitrogens is 1. The van der Waals surface area contributed by atoms with Crippen molar-refractivity contribution >= 4 is 17.3 Å². The van der Waals surface area contributed by atoms with Crippen molar-refractivity contribution in [1.82, 2.24) is 10.3 Å². The van der Waals surface area contributed by atoms with Crippen molar-refractivity contribution in [3.05, 3.63) is 53.9 Å². The van der Waals surface area contributed by atoms with Crippen molar-refractivity contribution < 1.29 is 4.79 Å². The van der Waals surface area contributed by atoms with Crippen LogP contribution in [0.15, 0.2) is 42.7 Å². The molecular weight excluding hydrogens is 264 g/mol. The minimum absolute atomic E-state index is 0.0742. The number of benzene rings is 1. The van der Waals surface area contributed by atoms with Crippen LogP contribution in [-0.2, 0) is 6.54 Å². The Morgan fingerprint density at radius 1 is 1.33 bits per heavy atom. The summed E-state index contributed by atoms with van der Waals surface area (Å²) in [6, 6.07) is 9.21. The second-order valence-electron chi connectivity index (χ2n) is 5.15. The van der Waals surface area contributed by atoms with Gasteiger partial charge in [0.05, 0.1) is 5.56 Å². The van der Waals surface area contributed by atoms with Crippen LogP contribution >= 0.6 is 0 Å². The van der Waals surface area contributed by atoms with Crippen LogP contribution in [0.3, 0.4) is 0 Å². The van der Waals surface area contributed by atoms with E-state index in [1.54, 1.807) is 24.5 Å². The van der Waals surface area contributed by atoms with Gasteiger partial charge in [0.1, 0.15) is 0 Å². The Morgan fingerprint density at radius 3 is 2.81 bits per heavy atom. The van der Waals surface area contributed by atoms with Gasteiger partial charge in [0, 0.05) is 36.4 Å². The van der Waals surface area contributed by atoms with Crippen molar-refractivity contribution in [1.29, 1.82) is 0 Å². The van der Waals surface area contributed by atoms with Gasteiger partial charge in [0.15, 0.2) is 0 Å². The molecule has 2 rings (SSSR count). The molecule has 4 N–H and O–H groups in total. The SMILES string of the molecule is CC(C)NC(=O)c1cc(N)ccc1NCc1cccnc1. The van der Waals surface area contributed by atoms with Gasteiger partial charge >= 0.3 is 0 Å². The van der Waals surface area contributed by atoms with Gasteiger partial charge < -0.3 is 16.4 Å². The summed E-state index contributed by atoms with van der Waals surface area (Å²) in [4.78, 5) is 16.3. The molecule has 1 amide bonds. The van der Waals surface area contributed by atoms with Gasteiger partial charge in [-0.2, -0.15) is 0 Å². The number of rotatable bonds is 5. The topological polar surface area (TPSA) is 80.0 Å². The summed E-state index contributed by atoms with van der Waals surface area (Å²) in [5, 5.41) is 6.13. The smallest absolute Gasteiger partial charge is 0.253 e. The molecule has 0 saturated carbocycles. The number of hydrogen-bond donors (Lipinski definition) is 3. The first-order chi connectivity index (χ1) is 10.1. The highest BCUT2D eigenvalue weighted by molar-refractivity contribution is 6.00. The van der Waals surface area contributed by atoms with E-state index in [9.17, 15) is 4.79 Å².